The van der Waals surface area contributed by atoms with Gasteiger partial charge in [0, 0.05) is 17.6 Å². The third-order valence-electron chi connectivity index (χ3n) is 6.66. The van der Waals surface area contributed by atoms with Crippen molar-refractivity contribution in [2.75, 3.05) is 0 Å². The van der Waals surface area contributed by atoms with Gasteiger partial charge in [-0.2, -0.15) is 0 Å². The van der Waals surface area contributed by atoms with Gasteiger partial charge in [0.15, 0.2) is 5.78 Å². The van der Waals surface area contributed by atoms with Gasteiger partial charge < -0.3 is 0 Å². The standard InChI is InChI=1S/C27H32O/c1-26(2,3)21-13-11-19(12-14-21)22-9-8-10-23-24(22)17-20(25(23)28)18-27(4)15-6-5-7-16-27/h8-14,18H,5-7,15-17H2,1-4H3/b20-18-. The Morgan fingerprint density at radius 3 is 2.18 bits per heavy atom. The smallest absolute Gasteiger partial charge is 0.189 e. The predicted molar refractivity (Wildman–Crippen MR) is 118 cm³/mol. The van der Waals surface area contributed by atoms with Gasteiger partial charge >= 0.3 is 0 Å². The van der Waals surface area contributed by atoms with E-state index in [1.807, 2.05) is 12.1 Å². The molecule has 0 N–H and O–H groups in total. The molecular weight excluding hydrogens is 340 g/mol. The molecular formula is C27H32O. The molecule has 2 aliphatic carbocycles. The number of rotatable bonds is 2. The zero-order valence-electron chi connectivity index (χ0n) is 17.8. The Hall–Kier alpha value is -2.15. The molecule has 1 saturated carbocycles. The summed E-state index contributed by atoms with van der Waals surface area (Å²) in [6.45, 7) is 9.05. The zero-order valence-corrected chi connectivity index (χ0v) is 17.8. The molecule has 0 aliphatic heterocycles. The van der Waals surface area contributed by atoms with E-state index >= 15 is 0 Å². The molecule has 0 atom stereocenters. The molecule has 0 bridgehead atoms. The third kappa shape index (κ3) is 3.60. The van der Waals surface area contributed by atoms with E-state index in [-0.39, 0.29) is 16.6 Å². The molecule has 1 fully saturated rings. The second-order valence-corrected chi connectivity index (χ2v) is 10.0. The molecule has 2 aromatic carbocycles. The van der Waals surface area contributed by atoms with E-state index in [1.54, 1.807) is 0 Å². The Morgan fingerprint density at radius 2 is 1.54 bits per heavy atom. The minimum Gasteiger partial charge on any atom is -0.289 e. The number of fused-ring (bicyclic) bond motifs is 1. The SMILES string of the molecule is CC1(/C=C2/Cc3c(cccc3-c3ccc(C(C)(C)C)cc3)C2=O)CCCCC1. The van der Waals surface area contributed by atoms with Crippen LogP contribution in [0, 0.1) is 5.41 Å². The van der Waals surface area contributed by atoms with Gasteiger partial charge in [0.05, 0.1) is 0 Å². The average molecular weight is 373 g/mol. The molecule has 0 spiro atoms. The lowest BCUT2D eigenvalue weighted by Crippen LogP contribution is -2.18. The molecule has 4 rings (SSSR count). The maximum atomic E-state index is 13.1. The molecule has 0 radical (unpaired) electrons. The van der Waals surface area contributed by atoms with Gasteiger partial charge in [-0.3, -0.25) is 4.79 Å². The molecule has 0 saturated heterocycles. The fourth-order valence-corrected chi connectivity index (χ4v) is 4.89. The molecule has 0 heterocycles. The van der Waals surface area contributed by atoms with Gasteiger partial charge in [-0.1, -0.05) is 95.5 Å². The van der Waals surface area contributed by atoms with Crippen LogP contribution in [0.5, 0.6) is 0 Å². The number of carbonyl (C=O) groups excluding carboxylic acids is 1. The van der Waals surface area contributed by atoms with Crippen molar-refractivity contribution in [2.45, 2.75) is 71.6 Å². The zero-order chi connectivity index (χ0) is 19.9. The van der Waals surface area contributed by atoms with Crippen molar-refractivity contribution in [3.63, 3.8) is 0 Å². The maximum Gasteiger partial charge on any atom is 0.189 e. The first-order valence-corrected chi connectivity index (χ1v) is 10.8. The summed E-state index contributed by atoms with van der Waals surface area (Å²) in [6, 6.07) is 15.1. The van der Waals surface area contributed by atoms with Gasteiger partial charge in [-0.05, 0) is 45.9 Å². The number of allylic oxidation sites excluding steroid dienone is 2. The summed E-state index contributed by atoms with van der Waals surface area (Å²) in [4.78, 5) is 13.1. The van der Waals surface area contributed by atoms with Crippen molar-refractivity contribution in [3.05, 3.63) is 70.8 Å². The average Bonchev–Trinajstić information content (AvgIpc) is 2.97. The van der Waals surface area contributed by atoms with Crippen molar-refractivity contribution >= 4 is 5.78 Å². The van der Waals surface area contributed by atoms with E-state index in [4.69, 9.17) is 0 Å². The highest BCUT2D eigenvalue weighted by molar-refractivity contribution is 6.14. The summed E-state index contributed by atoms with van der Waals surface area (Å²) in [5, 5.41) is 0. The molecule has 0 aromatic heterocycles. The lowest BCUT2D eigenvalue weighted by Gasteiger charge is -2.31. The van der Waals surface area contributed by atoms with E-state index in [1.165, 1.54) is 54.4 Å². The Morgan fingerprint density at radius 1 is 0.893 bits per heavy atom. The van der Waals surface area contributed by atoms with Gasteiger partial charge in [0.2, 0.25) is 0 Å². The van der Waals surface area contributed by atoms with E-state index in [0.717, 1.165) is 17.6 Å². The number of Topliss-reactive ketones (excluding diaryl/α,β-unsaturated/α-hetero) is 1. The van der Waals surface area contributed by atoms with Crippen LogP contribution in [0.4, 0.5) is 0 Å². The Labute approximate surface area is 169 Å². The summed E-state index contributed by atoms with van der Waals surface area (Å²) < 4.78 is 0. The minimum absolute atomic E-state index is 0.151. The van der Waals surface area contributed by atoms with Gasteiger partial charge in [0.25, 0.3) is 0 Å². The molecule has 1 nitrogen and oxygen atoms in total. The number of hydrogen-bond donors (Lipinski definition) is 0. The second kappa shape index (κ2) is 7.03. The molecule has 0 amide bonds. The highest BCUT2D eigenvalue weighted by atomic mass is 16.1. The number of ketones is 1. The van der Waals surface area contributed by atoms with E-state index in [2.05, 4.69) is 64.1 Å². The first-order valence-electron chi connectivity index (χ1n) is 10.8. The molecule has 146 valence electrons. The van der Waals surface area contributed by atoms with Crippen molar-refractivity contribution < 1.29 is 4.79 Å². The topological polar surface area (TPSA) is 17.1 Å². The first kappa shape index (κ1) is 19.2. The lowest BCUT2D eigenvalue weighted by molar-refractivity contribution is 0.103. The highest BCUT2D eigenvalue weighted by Crippen LogP contribution is 2.41. The second-order valence-electron chi connectivity index (χ2n) is 10.0. The van der Waals surface area contributed by atoms with Crippen LogP contribution in [0.2, 0.25) is 0 Å². The van der Waals surface area contributed by atoms with Crippen LogP contribution in [-0.2, 0) is 11.8 Å². The fourth-order valence-electron chi connectivity index (χ4n) is 4.89. The Bertz CT molecular complexity index is 916. The summed E-state index contributed by atoms with van der Waals surface area (Å²) in [5.41, 5.74) is 7.23. The number of benzene rings is 2. The van der Waals surface area contributed by atoms with Crippen LogP contribution in [0.3, 0.4) is 0 Å². The van der Waals surface area contributed by atoms with Crippen molar-refractivity contribution in [2.24, 2.45) is 5.41 Å². The molecule has 2 aromatic rings. The number of carbonyl (C=O) groups is 1. The highest BCUT2D eigenvalue weighted by Gasteiger charge is 2.31. The van der Waals surface area contributed by atoms with Gasteiger partial charge in [-0.15, -0.1) is 0 Å². The van der Waals surface area contributed by atoms with Crippen LogP contribution >= 0.6 is 0 Å². The fraction of sp³-hybridized carbons (Fsp3) is 0.444. The lowest BCUT2D eigenvalue weighted by atomic mass is 9.74. The summed E-state index contributed by atoms with van der Waals surface area (Å²) in [6.07, 6.45) is 9.42. The quantitative estimate of drug-likeness (QED) is 0.506. The molecule has 1 heteroatoms. The number of hydrogen-bond acceptors (Lipinski definition) is 1. The molecule has 0 unspecified atom stereocenters. The van der Waals surface area contributed by atoms with Crippen molar-refractivity contribution in [1.29, 1.82) is 0 Å². The minimum atomic E-state index is 0.151. The summed E-state index contributed by atoms with van der Waals surface area (Å²) >= 11 is 0. The summed E-state index contributed by atoms with van der Waals surface area (Å²) in [5.74, 6) is 0.245. The van der Waals surface area contributed by atoms with Crippen LogP contribution < -0.4 is 0 Å². The maximum absolute atomic E-state index is 13.1. The van der Waals surface area contributed by atoms with Gasteiger partial charge in [-0.25, -0.2) is 0 Å². The predicted octanol–water partition coefficient (Wildman–Crippen LogP) is 7.29. The first-order chi connectivity index (χ1) is 13.3. The monoisotopic (exact) mass is 372 g/mol. The van der Waals surface area contributed by atoms with Crippen LogP contribution in [0.1, 0.15) is 81.3 Å². The van der Waals surface area contributed by atoms with E-state index < -0.39 is 0 Å². The Kier molecular flexibility index (Phi) is 4.81. The van der Waals surface area contributed by atoms with E-state index in [9.17, 15) is 4.79 Å². The third-order valence-corrected chi connectivity index (χ3v) is 6.66. The molecule has 2 aliphatic rings. The van der Waals surface area contributed by atoms with Crippen molar-refractivity contribution in [3.8, 4) is 11.1 Å². The van der Waals surface area contributed by atoms with E-state index in [0.29, 0.717) is 0 Å². The largest absolute Gasteiger partial charge is 0.289 e. The normalized spacial score (nSPS) is 20.4. The molecule has 28 heavy (non-hydrogen) atoms. The Balaban J connectivity index is 1.68. The van der Waals surface area contributed by atoms with Crippen LogP contribution in [0.15, 0.2) is 54.1 Å². The van der Waals surface area contributed by atoms with Gasteiger partial charge in [0.1, 0.15) is 0 Å². The van der Waals surface area contributed by atoms with Crippen LogP contribution in [-0.4, -0.2) is 5.78 Å². The van der Waals surface area contributed by atoms with Crippen molar-refractivity contribution in [1.82, 2.24) is 0 Å². The van der Waals surface area contributed by atoms with Crippen LogP contribution in [0.25, 0.3) is 11.1 Å². The summed E-state index contributed by atoms with van der Waals surface area (Å²) in [7, 11) is 0.